The van der Waals surface area contributed by atoms with Gasteiger partial charge < -0.3 is 4.42 Å². The highest BCUT2D eigenvalue weighted by Crippen LogP contribution is 2.24. The first-order valence-corrected chi connectivity index (χ1v) is 6.06. The van der Waals surface area contributed by atoms with Gasteiger partial charge in [-0.1, -0.05) is 30.3 Å². The summed E-state index contributed by atoms with van der Waals surface area (Å²) in [6, 6.07) is 11.7. The van der Waals surface area contributed by atoms with E-state index in [4.69, 9.17) is 4.42 Å². The van der Waals surface area contributed by atoms with Crippen molar-refractivity contribution >= 4 is 0 Å². The van der Waals surface area contributed by atoms with Crippen LogP contribution in [-0.4, -0.2) is 0 Å². The molecule has 1 heterocycles. The second-order valence-corrected chi connectivity index (χ2v) is 4.47. The Kier molecular flexibility index (Phi) is 2.56. The molecule has 86 valence electrons. The summed E-state index contributed by atoms with van der Waals surface area (Å²) in [5.74, 6) is 0.890. The van der Waals surface area contributed by atoms with Gasteiger partial charge >= 0.3 is 5.63 Å². The Labute approximate surface area is 99.9 Å². The Balaban J connectivity index is 2.15. The summed E-state index contributed by atoms with van der Waals surface area (Å²) in [5.41, 5.74) is 2.62. The molecule has 1 aromatic carbocycles. The molecule has 0 saturated heterocycles. The maximum atomic E-state index is 11.9. The maximum absolute atomic E-state index is 11.9. The first-order chi connectivity index (χ1) is 8.34. The lowest BCUT2D eigenvalue weighted by atomic mass is 9.95. The molecule has 1 aliphatic carbocycles. The Morgan fingerprint density at radius 2 is 1.76 bits per heavy atom. The first-order valence-electron chi connectivity index (χ1n) is 6.06. The van der Waals surface area contributed by atoms with E-state index in [1.807, 2.05) is 36.4 Å². The minimum Gasteiger partial charge on any atom is -0.427 e. The smallest absolute Gasteiger partial charge is 0.343 e. The van der Waals surface area contributed by atoms with Crippen LogP contribution in [0, 0.1) is 0 Å². The fourth-order valence-corrected chi connectivity index (χ4v) is 2.39. The Bertz CT molecular complexity index is 582. The molecule has 17 heavy (non-hydrogen) atoms. The highest BCUT2D eigenvalue weighted by Gasteiger charge is 2.15. The molecule has 0 radical (unpaired) electrons. The van der Waals surface area contributed by atoms with Crippen LogP contribution >= 0.6 is 0 Å². The minimum atomic E-state index is -0.211. The fraction of sp³-hybridized carbons (Fsp3) is 0.267. The largest absolute Gasteiger partial charge is 0.427 e. The fourth-order valence-electron chi connectivity index (χ4n) is 2.39. The van der Waals surface area contributed by atoms with E-state index in [-0.39, 0.29) is 5.63 Å². The second kappa shape index (κ2) is 4.21. The Morgan fingerprint density at radius 1 is 1.00 bits per heavy atom. The van der Waals surface area contributed by atoms with Gasteiger partial charge in [-0.3, -0.25) is 0 Å². The molecule has 2 nitrogen and oxygen atoms in total. The first kappa shape index (κ1) is 10.3. The van der Waals surface area contributed by atoms with Crippen molar-refractivity contribution < 1.29 is 4.42 Å². The van der Waals surface area contributed by atoms with E-state index in [0.717, 1.165) is 30.6 Å². The van der Waals surface area contributed by atoms with Gasteiger partial charge in [-0.05, 0) is 36.5 Å². The van der Waals surface area contributed by atoms with Crippen LogP contribution in [0.3, 0.4) is 0 Å². The zero-order valence-corrected chi connectivity index (χ0v) is 9.61. The van der Waals surface area contributed by atoms with Gasteiger partial charge in [0.15, 0.2) is 0 Å². The number of hydrogen-bond donors (Lipinski definition) is 0. The van der Waals surface area contributed by atoms with Gasteiger partial charge in [0.1, 0.15) is 5.76 Å². The molecule has 0 N–H and O–H groups in total. The topological polar surface area (TPSA) is 30.2 Å². The number of fused-ring (bicyclic) bond motifs is 1. The standard InChI is InChI=1S/C15H14O2/c16-15-13(11-6-2-1-3-7-11)10-12-8-4-5-9-14(12)17-15/h1-3,6-7,10H,4-5,8-9H2. The maximum Gasteiger partial charge on any atom is 0.343 e. The molecule has 0 fully saturated rings. The third-order valence-electron chi connectivity index (χ3n) is 3.30. The number of rotatable bonds is 1. The van der Waals surface area contributed by atoms with Gasteiger partial charge in [-0.25, -0.2) is 4.79 Å². The van der Waals surface area contributed by atoms with Crippen LogP contribution < -0.4 is 5.63 Å². The van der Waals surface area contributed by atoms with Crippen LogP contribution in [0.4, 0.5) is 0 Å². The monoisotopic (exact) mass is 226 g/mol. The summed E-state index contributed by atoms with van der Waals surface area (Å²) in [4.78, 5) is 11.9. The molecule has 1 aliphatic rings. The summed E-state index contributed by atoms with van der Waals surface area (Å²) in [6.45, 7) is 0. The lowest BCUT2D eigenvalue weighted by molar-refractivity contribution is 0.430. The van der Waals surface area contributed by atoms with E-state index in [0.29, 0.717) is 5.56 Å². The van der Waals surface area contributed by atoms with Crippen molar-refractivity contribution in [2.45, 2.75) is 25.7 Å². The Morgan fingerprint density at radius 3 is 2.59 bits per heavy atom. The van der Waals surface area contributed by atoms with E-state index in [1.165, 1.54) is 12.0 Å². The third-order valence-corrected chi connectivity index (χ3v) is 3.30. The molecule has 0 spiro atoms. The zero-order chi connectivity index (χ0) is 11.7. The molecule has 3 rings (SSSR count). The van der Waals surface area contributed by atoms with Crippen molar-refractivity contribution in [2.75, 3.05) is 0 Å². The van der Waals surface area contributed by atoms with Crippen molar-refractivity contribution in [3.05, 3.63) is 58.1 Å². The number of aryl methyl sites for hydroxylation is 2. The van der Waals surface area contributed by atoms with Crippen LogP contribution in [0.15, 0.2) is 45.6 Å². The summed E-state index contributed by atoms with van der Waals surface area (Å²) >= 11 is 0. The van der Waals surface area contributed by atoms with Crippen LogP contribution in [0.25, 0.3) is 11.1 Å². The third kappa shape index (κ3) is 1.91. The quantitative estimate of drug-likeness (QED) is 0.747. The highest BCUT2D eigenvalue weighted by atomic mass is 16.4. The molecule has 0 saturated carbocycles. The van der Waals surface area contributed by atoms with Gasteiger partial charge in [0, 0.05) is 6.42 Å². The van der Waals surface area contributed by atoms with Crippen LogP contribution in [0.2, 0.25) is 0 Å². The van der Waals surface area contributed by atoms with Gasteiger partial charge in [-0.15, -0.1) is 0 Å². The zero-order valence-electron chi connectivity index (χ0n) is 9.61. The van der Waals surface area contributed by atoms with Crippen molar-refractivity contribution in [1.29, 1.82) is 0 Å². The van der Waals surface area contributed by atoms with Gasteiger partial charge in [-0.2, -0.15) is 0 Å². The second-order valence-electron chi connectivity index (χ2n) is 4.47. The molecule has 2 heteroatoms. The van der Waals surface area contributed by atoms with Crippen molar-refractivity contribution in [1.82, 2.24) is 0 Å². The average molecular weight is 226 g/mol. The van der Waals surface area contributed by atoms with Crippen LogP contribution in [-0.2, 0) is 12.8 Å². The van der Waals surface area contributed by atoms with E-state index in [1.54, 1.807) is 0 Å². The lowest BCUT2D eigenvalue weighted by Crippen LogP contribution is -2.11. The van der Waals surface area contributed by atoms with Crippen LogP contribution in [0.5, 0.6) is 0 Å². The van der Waals surface area contributed by atoms with Gasteiger partial charge in [0.05, 0.1) is 5.56 Å². The Hall–Kier alpha value is -1.83. The van der Waals surface area contributed by atoms with Crippen LogP contribution in [0.1, 0.15) is 24.2 Å². The normalized spacial score (nSPS) is 14.4. The molecule has 1 aromatic heterocycles. The predicted molar refractivity (Wildman–Crippen MR) is 67.1 cm³/mol. The predicted octanol–water partition coefficient (Wildman–Crippen LogP) is 3.19. The minimum absolute atomic E-state index is 0.211. The van der Waals surface area contributed by atoms with E-state index in [9.17, 15) is 4.79 Å². The molecule has 0 amide bonds. The SMILES string of the molecule is O=c1oc2c(cc1-c1ccccc1)CCCC2. The van der Waals surface area contributed by atoms with E-state index in [2.05, 4.69) is 0 Å². The number of benzene rings is 1. The summed E-state index contributed by atoms with van der Waals surface area (Å²) in [7, 11) is 0. The molecule has 0 bridgehead atoms. The average Bonchev–Trinajstić information content (AvgIpc) is 2.39. The van der Waals surface area contributed by atoms with E-state index >= 15 is 0 Å². The van der Waals surface area contributed by atoms with Crippen molar-refractivity contribution in [3.8, 4) is 11.1 Å². The molecule has 0 aliphatic heterocycles. The molecular formula is C15H14O2. The summed E-state index contributed by atoms with van der Waals surface area (Å²) in [6.07, 6.45) is 4.24. The van der Waals surface area contributed by atoms with E-state index < -0.39 is 0 Å². The van der Waals surface area contributed by atoms with Crippen molar-refractivity contribution in [2.24, 2.45) is 0 Å². The van der Waals surface area contributed by atoms with Gasteiger partial charge in [0.25, 0.3) is 0 Å². The summed E-state index contributed by atoms with van der Waals surface area (Å²) in [5, 5.41) is 0. The molecule has 0 atom stereocenters. The van der Waals surface area contributed by atoms with Gasteiger partial charge in [0.2, 0.25) is 0 Å². The highest BCUT2D eigenvalue weighted by molar-refractivity contribution is 5.62. The molecular weight excluding hydrogens is 212 g/mol. The summed E-state index contributed by atoms with van der Waals surface area (Å²) < 4.78 is 5.43. The lowest BCUT2D eigenvalue weighted by Gasteiger charge is -2.14. The number of hydrogen-bond acceptors (Lipinski definition) is 2. The molecule has 2 aromatic rings. The molecule has 0 unspecified atom stereocenters. The van der Waals surface area contributed by atoms with Crippen molar-refractivity contribution in [3.63, 3.8) is 0 Å².